The van der Waals surface area contributed by atoms with Crippen molar-refractivity contribution in [3.05, 3.63) is 54.7 Å². The highest BCUT2D eigenvalue weighted by Crippen LogP contribution is 2.17. The zero-order valence-corrected chi connectivity index (χ0v) is 8.34. The Morgan fingerprint density at radius 2 is 2.00 bits per heavy atom. The van der Waals surface area contributed by atoms with Crippen molar-refractivity contribution in [2.75, 3.05) is 0 Å². The Hall–Kier alpha value is -2.23. The van der Waals surface area contributed by atoms with Gasteiger partial charge in [-0.15, -0.1) is 0 Å². The molecular formula is C12H8FN3. The van der Waals surface area contributed by atoms with Crippen LogP contribution in [0.1, 0.15) is 0 Å². The van der Waals surface area contributed by atoms with Crippen molar-refractivity contribution < 1.29 is 4.39 Å². The first-order chi connectivity index (χ1) is 7.84. The molecule has 0 radical (unpaired) electrons. The first kappa shape index (κ1) is 9.03. The Kier molecular flexibility index (Phi) is 1.93. The molecule has 0 saturated heterocycles. The van der Waals surface area contributed by atoms with Crippen LogP contribution in [0.15, 0.2) is 48.9 Å². The number of hydrogen-bond acceptors (Lipinski definition) is 2. The number of benzene rings is 1. The fourth-order valence-corrected chi connectivity index (χ4v) is 1.66. The van der Waals surface area contributed by atoms with Crippen LogP contribution in [0.4, 0.5) is 4.39 Å². The Labute approximate surface area is 91.2 Å². The van der Waals surface area contributed by atoms with Crippen LogP contribution in [-0.2, 0) is 0 Å². The van der Waals surface area contributed by atoms with Crippen LogP contribution in [0, 0.1) is 5.82 Å². The van der Waals surface area contributed by atoms with E-state index in [4.69, 9.17) is 0 Å². The second-order valence-corrected chi connectivity index (χ2v) is 3.44. The molecule has 0 unspecified atom stereocenters. The van der Waals surface area contributed by atoms with Crippen molar-refractivity contribution in [3.63, 3.8) is 0 Å². The van der Waals surface area contributed by atoms with Crippen LogP contribution >= 0.6 is 0 Å². The average molecular weight is 213 g/mol. The molecule has 16 heavy (non-hydrogen) atoms. The summed E-state index contributed by atoms with van der Waals surface area (Å²) < 4.78 is 14.8. The number of rotatable bonds is 1. The van der Waals surface area contributed by atoms with Gasteiger partial charge in [-0.2, -0.15) is 0 Å². The van der Waals surface area contributed by atoms with Gasteiger partial charge in [0.25, 0.3) is 0 Å². The maximum atomic E-state index is 13.0. The number of fused-ring (bicyclic) bond motifs is 1. The zero-order chi connectivity index (χ0) is 11.0. The number of aromatic nitrogens is 3. The smallest absolute Gasteiger partial charge is 0.138 e. The highest BCUT2D eigenvalue weighted by molar-refractivity contribution is 5.76. The van der Waals surface area contributed by atoms with Crippen molar-refractivity contribution in [2.24, 2.45) is 0 Å². The molecule has 1 aromatic carbocycles. The molecule has 0 aliphatic rings. The van der Waals surface area contributed by atoms with E-state index in [-0.39, 0.29) is 5.82 Å². The normalized spacial score (nSPS) is 10.8. The lowest BCUT2D eigenvalue weighted by molar-refractivity contribution is 0.629. The monoisotopic (exact) mass is 213 g/mol. The molecule has 4 heteroatoms. The van der Waals surface area contributed by atoms with Crippen LogP contribution in [0.3, 0.4) is 0 Å². The number of halogens is 1. The molecule has 0 aliphatic carbocycles. The Morgan fingerprint density at radius 3 is 2.81 bits per heavy atom. The van der Waals surface area contributed by atoms with E-state index in [9.17, 15) is 4.39 Å². The van der Waals surface area contributed by atoms with E-state index >= 15 is 0 Å². The first-order valence-corrected chi connectivity index (χ1v) is 4.88. The molecule has 0 fully saturated rings. The summed E-state index contributed by atoms with van der Waals surface area (Å²) in [6.07, 6.45) is 3.36. The molecule has 3 rings (SSSR count). The number of imidazole rings is 1. The SMILES string of the molecule is Fc1ccc2c(c1)ncn2-c1ccccn1. The fraction of sp³-hybridized carbons (Fsp3) is 0. The van der Waals surface area contributed by atoms with Gasteiger partial charge in [0, 0.05) is 12.3 Å². The van der Waals surface area contributed by atoms with E-state index in [2.05, 4.69) is 9.97 Å². The summed E-state index contributed by atoms with van der Waals surface area (Å²) in [5.41, 5.74) is 1.48. The quantitative estimate of drug-likeness (QED) is 0.622. The topological polar surface area (TPSA) is 30.7 Å². The summed E-state index contributed by atoms with van der Waals surface area (Å²) in [5, 5.41) is 0. The van der Waals surface area contributed by atoms with Crippen LogP contribution < -0.4 is 0 Å². The van der Waals surface area contributed by atoms with Gasteiger partial charge in [0.15, 0.2) is 0 Å². The number of pyridine rings is 1. The predicted octanol–water partition coefficient (Wildman–Crippen LogP) is 2.56. The third kappa shape index (κ3) is 1.35. The van der Waals surface area contributed by atoms with Gasteiger partial charge in [0.2, 0.25) is 0 Å². The maximum absolute atomic E-state index is 13.0. The zero-order valence-electron chi connectivity index (χ0n) is 8.34. The van der Waals surface area contributed by atoms with Crippen molar-refractivity contribution in [1.82, 2.24) is 14.5 Å². The van der Waals surface area contributed by atoms with Gasteiger partial charge in [-0.25, -0.2) is 14.4 Å². The Morgan fingerprint density at radius 1 is 1.06 bits per heavy atom. The summed E-state index contributed by atoms with van der Waals surface area (Å²) in [5.74, 6) is 0.496. The molecule has 3 aromatic rings. The third-order valence-corrected chi connectivity index (χ3v) is 2.41. The van der Waals surface area contributed by atoms with Gasteiger partial charge in [-0.05, 0) is 24.3 Å². The predicted molar refractivity (Wildman–Crippen MR) is 58.8 cm³/mol. The molecule has 0 atom stereocenters. The minimum atomic E-state index is -0.279. The summed E-state index contributed by atoms with van der Waals surface area (Å²) >= 11 is 0. The molecule has 2 heterocycles. The molecule has 2 aromatic heterocycles. The second-order valence-electron chi connectivity index (χ2n) is 3.44. The van der Waals surface area contributed by atoms with Gasteiger partial charge in [0.05, 0.1) is 11.0 Å². The van der Waals surface area contributed by atoms with Gasteiger partial charge >= 0.3 is 0 Å². The van der Waals surface area contributed by atoms with E-state index in [0.717, 1.165) is 11.3 Å². The third-order valence-electron chi connectivity index (χ3n) is 2.41. The van der Waals surface area contributed by atoms with E-state index in [1.807, 2.05) is 22.8 Å². The fourth-order valence-electron chi connectivity index (χ4n) is 1.66. The number of nitrogens with zero attached hydrogens (tertiary/aromatic N) is 3. The van der Waals surface area contributed by atoms with E-state index in [1.54, 1.807) is 18.6 Å². The molecule has 3 nitrogen and oxygen atoms in total. The van der Waals surface area contributed by atoms with Crippen molar-refractivity contribution in [2.45, 2.75) is 0 Å². The van der Waals surface area contributed by atoms with Crippen LogP contribution in [0.25, 0.3) is 16.9 Å². The van der Waals surface area contributed by atoms with Crippen molar-refractivity contribution in [3.8, 4) is 5.82 Å². The van der Waals surface area contributed by atoms with Gasteiger partial charge in [-0.1, -0.05) is 6.07 Å². The standard InChI is InChI=1S/C12H8FN3/c13-9-4-5-11-10(7-9)15-8-16(11)12-3-1-2-6-14-12/h1-8H. The molecule has 0 amide bonds. The molecule has 0 saturated carbocycles. The van der Waals surface area contributed by atoms with Gasteiger partial charge in [0.1, 0.15) is 18.0 Å². The highest BCUT2D eigenvalue weighted by Gasteiger charge is 2.05. The minimum Gasteiger partial charge on any atom is -0.283 e. The van der Waals surface area contributed by atoms with Gasteiger partial charge < -0.3 is 0 Å². The summed E-state index contributed by atoms with van der Waals surface area (Å²) in [6, 6.07) is 10.2. The summed E-state index contributed by atoms with van der Waals surface area (Å²) in [7, 11) is 0. The molecule has 0 bridgehead atoms. The van der Waals surface area contributed by atoms with Crippen LogP contribution in [0.2, 0.25) is 0 Å². The van der Waals surface area contributed by atoms with Crippen molar-refractivity contribution >= 4 is 11.0 Å². The largest absolute Gasteiger partial charge is 0.283 e. The Balaban J connectivity index is 2.26. The summed E-state index contributed by atoms with van der Waals surface area (Å²) in [4.78, 5) is 8.36. The van der Waals surface area contributed by atoms with E-state index in [0.29, 0.717) is 5.52 Å². The molecule has 0 N–H and O–H groups in total. The summed E-state index contributed by atoms with van der Waals surface area (Å²) in [6.45, 7) is 0. The minimum absolute atomic E-state index is 0.279. The lowest BCUT2D eigenvalue weighted by atomic mass is 10.3. The molecule has 0 spiro atoms. The lowest BCUT2D eigenvalue weighted by Gasteiger charge is -2.01. The molecular weight excluding hydrogens is 205 g/mol. The Bertz CT molecular complexity index is 631. The van der Waals surface area contributed by atoms with E-state index in [1.165, 1.54) is 12.1 Å². The number of hydrogen-bond donors (Lipinski definition) is 0. The van der Waals surface area contributed by atoms with Crippen LogP contribution in [0.5, 0.6) is 0 Å². The maximum Gasteiger partial charge on any atom is 0.138 e. The van der Waals surface area contributed by atoms with Crippen molar-refractivity contribution in [1.29, 1.82) is 0 Å². The lowest BCUT2D eigenvalue weighted by Crippen LogP contribution is -1.94. The van der Waals surface area contributed by atoms with Crippen LogP contribution in [-0.4, -0.2) is 14.5 Å². The first-order valence-electron chi connectivity index (χ1n) is 4.88. The van der Waals surface area contributed by atoms with E-state index < -0.39 is 0 Å². The average Bonchev–Trinajstić information content (AvgIpc) is 2.73. The second kappa shape index (κ2) is 3.41. The molecule has 78 valence electrons. The van der Waals surface area contributed by atoms with Gasteiger partial charge in [-0.3, -0.25) is 4.57 Å². The molecule has 0 aliphatic heterocycles. The highest BCUT2D eigenvalue weighted by atomic mass is 19.1.